The van der Waals surface area contributed by atoms with Gasteiger partial charge in [-0.25, -0.2) is 0 Å². The van der Waals surface area contributed by atoms with Crippen LogP contribution in [0.25, 0.3) is 0 Å². The van der Waals surface area contributed by atoms with Crippen molar-refractivity contribution in [1.29, 1.82) is 0 Å². The number of methoxy groups -OCH3 is 1. The minimum absolute atomic E-state index is 0.140. The van der Waals surface area contributed by atoms with E-state index in [-0.39, 0.29) is 30.4 Å². The second-order valence-corrected chi connectivity index (χ2v) is 5.58. The first-order valence-corrected chi connectivity index (χ1v) is 8.21. The molecule has 1 aromatic carbocycles. The van der Waals surface area contributed by atoms with Crippen molar-refractivity contribution >= 4 is 11.9 Å². The number of benzene rings is 1. The molecule has 0 amide bonds. The molecule has 2 atom stereocenters. The Morgan fingerprint density at radius 2 is 2.08 bits per heavy atom. The van der Waals surface area contributed by atoms with E-state index in [4.69, 9.17) is 9.47 Å². The standard InChI is InChI=1S/C19H23NO4/c1-3-24-18(21)14-16(12-11-15-8-5-4-6-9-15)20-13-7-10-17(20)19(22)23-2/h4-6,8-9,16-17H,3,7,10,13-14H2,1-2H3/t16-,17+/m1/s1. The summed E-state index contributed by atoms with van der Waals surface area (Å²) in [6, 6.07) is 8.87. The molecule has 0 N–H and O–H groups in total. The predicted octanol–water partition coefficient (Wildman–Crippen LogP) is 2.00. The molecule has 1 aromatic rings. The van der Waals surface area contributed by atoms with Crippen molar-refractivity contribution in [2.24, 2.45) is 0 Å². The van der Waals surface area contributed by atoms with E-state index in [1.54, 1.807) is 6.92 Å². The topological polar surface area (TPSA) is 55.8 Å². The lowest BCUT2D eigenvalue weighted by Crippen LogP contribution is -2.44. The molecule has 0 spiro atoms. The highest BCUT2D eigenvalue weighted by molar-refractivity contribution is 5.76. The Labute approximate surface area is 142 Å². The van der Waals surface area contributed by atoms with Gasteiger partial charge >= 0.3 is 11.9 Å². The smallest absolute Gasteiger partial charge is 0.323 e. The van der Waals surface area contributed by atoms with Gasteiger partial charge in [-0.3, -0.25) is 14.5 Å². The number of esters is 2. The Balaban J connectivity index is 2.20. The highest BCUT2D eigenvalue weighted by atomic mass is 16.5. The second-order valence-electron chi connectivity index (χ2n) is 5.58. The molecule has 0 aromatic heterocycles. The summed E-state index contributed by atoms with van der Waals surface area (Å²) >= 11 is 0. The molecule has 5 heteroatoms. The van der Waals surface area contributed by atoms with Crippen molar-refractivity contribution in [2.45, 2.75) is 38.3 Å². The van der Waals surface area contributed by atoms with Gasteiger partial charge in [-0.15, -0.1) is 0 Å². The van der Waals surface area contributed by atoms with E-state index in [0.29, 0.717) is 13.2 Å². The van der Waals surface area contributed by atoms with Crippen LogP contribution in [0.4, 0.5) is 0 Å². The first kappa shape index (κ1) is 18.0. The monoisotopic (exact) mass is 329 g/mol. The maximum atomic E-state index is 12.0. The van der Waals surface area contributed by atoms with Gasteiger partial charge in [-0.2, -0.15) is 0 Å². The van der Waals surface area contributed by atoms with Crippen molar-refractivity contribution < 1.29 is 19.1 Å². The Hall–Kier alpha value is -2.32. The average Bonchev–Trinajstić information content (AvgIpc) is 3.08. The number of carbonyl (C=O) groups excluding carboxylic acids is 2. The molecule has 2 rings (SSSR count). The molecule has 0 aliphatic carbocycles. The van der Waals surface area contributed by atoms with Gasteiger partial charge in [0, 0.05) is 12.1 Å². The molecule has 5 nitrogen and oxygen atoms in total. The summed E-state index contributed by atoms with van der Waals surface area (Å²) in [6.45, 7) is 2.82. The van der Waals surface area contributed by atoms with Crippen LogP contribution in [0.3, 0.4) is 0 Å². The van der Waals surface area contributed by atoms with Crippen molar-refractivity contribution in [1.82, 2.24) is 4.90 Å². The molecule has 1 fully saturated rings. The zero-order chi connectivity index (χ0) is 17.4. The molecule has 1 saturated heterocycles. The Morgan fingerprint density at radius 3 is 2.75 bits per heavy atom. The number of rotatable bonds is 5. The summed E-state index contributed by atoms with van der Waals surface area (Å²) in [7, 11) is 1.38. The third kappa shape index (κ3) is 4.84. The zero-order valence-electron chi connectivity index (χ0n) is 14.2. The van der Waals surface area contributed by atoms with Gasteiger partial charge in [0.1, 0.15) is 6.04 Å². The number of hydrogen-bond donors (Lipinski definition) is 0. The molecule has 1 aliphatic rings. The lowest BCUT2D eigenvalue weighted by Gasteiger charge is -2.27. The fraction of sp³-hybridized carbons (Fsp3) is 0.474. The quantitative estimate of drug-likeness (QED) is 0.611. The lowest BCUT2D eigenvalue weighted by atomic mass is 10.1. The lowest BCUT2D eigenvalue weighted by molar-refractivity contribution is -0.149. The molecule has 0 bridgehead atoms. The normalized spacial score (nSPS) is 18.3. The number of hydrogen-bond acceptors (Lipinski definition) is 5. The van der Waals surface area contributed by atoms with Crippen LogP contribution in [0.15, 0.2) is 30.3 Å². The van der Waals surface area contributed by atoms with Gasteiger partial charge < -0.3 is 9.47 Å². The number of likely N-dealkylation sites (tertiary alicyclic amines) is 1. The Kier molecular flexibility index (Phi) is 6.83. The van der Waals surface area contributed by atoms with Crippen LogP contribution in [-0.2, 0) is 19.1 Å². The van der Waals surface area contributed by atoms with Gasteiger partial charge in [0.05, 0.1) is 26.2 Å². The number of carbonyl (C=O) groups is 2. The van der Waals surface area contributed by atoms with Crippen LogP contribution >= 0.6 is 0 Å². The van der Waals surface area contributed by atoms with E-state index in [2.05, 4.69) is 11.8 Å². The summed E-state index contributed by atoms with van der Waals surface area (Å²) < 4.78 is 9.94. The molecule has 128 valence electrons. The van der Waals surface area contributed by atoms with E-state index in [1.807, 2.05) is 35.2 Å². The van der Waals surface area contributed by atoms with Crippen LogP contribution < -0.4 is 0 Å². The number of ether oxygens (including phenoxy) is 2. The van der Waals surface area contributed by atoms with Crippen LogP contribution in [0, 0.1) is 11.8 Å². The van der Waals surface area contributed by atoms with Crippen molar-refractivity contribution in [3.05, 3.63) is 35.9 Å². The highest BCUT2D eigenvalue weighted by Crippen LogP contribution is 2.23. The van der Waals surface area contributed by atoms with Crippen molar-refractivity contribution in [2.75, 3.05) is 20.3 Å². The summed E-state index contributed by atoms with van der Waals surface area (Å²) in [4.78, 5) is 25.9. The summed E-state index contributed by atoms with van der Waals surface area (Å²) in [5.41, 5.74) is 0.875. The van der Waals surface area contributed by atoms with Crippen LogP contribution in [0.5, 0.6) is 0 Å². The first-order chi connectivity index (χ1) is 11.7. The molecule has 1 heterocycles. The Morgan fingerprint density at radius 1 is 1.33 bits per heavy atom. The van der Waals surface area contributed by atoms with Crippen LogP contribution in [-0.4, -0.2) is 49.2 Å². The van der Waals surface area contributed by atoms with E-state index >= 15 is 0 Å². The van der Waals surface area contributed by atoms with E-state index in [0.717, 1.165) is 18.4 Å². The molecule has 24 heavy (non-hydrogen) atoms. The summed E-state index contributed by atoms with van der Waals surface area (Å²) in [5.74, 6) is 5.66. The van der Waals surface area contributed by atoms with E-state index in [9.17, 15) is 9.59 Å². The van der Waals surface area contributed by atoms with Gasteiger partial charge in [0.15, 0.2) is 0 Å². The van der Waals surface area contributed by atoms with Crippen molar-refractivity contribution in [3.8, 4) is 11.8 Å². The third-order valence-electron chi connectivity index (χ3n) is 3.99. The van der Waals surface area contributed by atoms with Gasteiger partial charge in [0.2, 0.25) is 0 Å². The van der Waals surface area contributed by atoms with Crippen LogP contribution in [0.1, 0.15) is 31.7 Å². The fourth-order valence-electron chi connectivity index (χ4n) is 2.87. The van der Waals surface area contributed by atoms with E-state index in [1.165, 1.54) is 7.11 Å². The molecule has 0 saturated carbocycles. The maximum absolute atomic E-state index is 12.0. The Bertz CT molecular complexity index is 617. The highest BCUT2D eigenvalue weighted by Gasteiger charge is 2.36. The average molecular weight is 329 g/mol. The van der Waals surface area contributed by atoms with Gasteiger partial charge in [-0.05, 0) is 31.9 Å². The largest absolute Gasteiger partial charge is 0.468 e. The molecular weight excluding hydrogens is 306 g/mol. The fourth-order valence-corrected chi connectivity index (χ4v) is 2.87. The zero-order valence-corrected chi connectivity index (χ0v) is 14.2. The summed E-state index contributed by atoms with van der Waals surface area (Å²) in [6.07, 6.45) is 1.74. The molecule has 0 unspecified atom stereocenters. The van der Waals surface area contributed by atoms with Gasteiger partial charge in [0.25, 0.3) is 0 Å². The van der Waals surface area contributed by atoms with E-state index < -0.39 is 0 Å². The molecule has 1 aliphatic heterocycles. The second kappa shape index (κ2) is 9.09. The number of nitrogens with zero attached hydrogens (tertiary/aromatic N) is 1. The molecular formula is C19H23NO4. The SMILES string of the molecule is CCOC(=O)C[C@@H](C#Cc1ccccc1)N1CCC[C@H]1C(=O)OC. The maximum Gasteiger partial charge on any atom is 0.323 e. The van der Waals surface area contributed by atoms with Crippen LogP contribution in [0.2, 0.25) is 0 Å². The van der Waals surface area contributed by atoms with Crippen molar-refractivity contribution in [3.63, 3.8) is 0 Å². The van der Waals surface area contributed by atoms with Gasteiger partial charge in [-0.1, -0.05) is 30.0 Å². The summed E-state index contributed by atoms with van der Waals surface area (Å²) in [5, 5.41) is 0. The predicted molar refractivity (Wildman–Crippen MR) is 90.1 cm³/mol. The molecule has 0 radical (unpaired) electrons. The minimum Gasteiger partial charge on any atom is -0.468 e. The third-order valence-corrected chi connectivity index (χ3v) is 3.99. The first-order valence-electron chi connectivity index (χ1n) is 8.21. The minimum atomic E-state index is -0.365.